The fourth-order valence-electron chi connectivity index (χ4n) is 3.30. The smallest absolute Gasteiger partial charge is 0.243 e. The lowest BCUT2D eigenvalue weighted by Gasteiger charge is -2.26. The van der Waals surface area contributed by atoms with Crippen molar-refractivity contribution in [2.75, 3.05) is 25.5 Å². The molecule has 1 amide bonds. The lowest BCUT2D eigenvalue weighted by atomic mass is 10.2. The molecule has 0 radical (unpaired) electrons. The number of anilines is 1. The number of rotatable bonds is 7. The number of hydrogen-bond acceptors (Lipinski definition) is 6. The molecule has 1 aliphatic heterocycles. The molecule has 0 saturated carbocycles. The molecule has 0 unspecified atom stereocenters. The van der Waals surface area contributed by atoms with Gasteiger partial charge in [0, 0.05) is 36.4 Å². The highest BCUT2D eigenvalue weighted by Gasteiger charge is 2.26. The van der Waals surface area contributed by atoms with E-state index in [1.54, 1.807) is 35.6 Å². The van der Waals surface area contributed by atoms with Gasteiger partial charge in [-0.25, -0.2) is 13.4 Å². The summed E-state index contributed by atoms with van der Waals surface area (Å²) in [5.41, 5.74) is 0.488. The molecule has 9 heteroatoms. The van der Waals surface area contributed by atoms with E-state index in [0.29, 0.717) is 25.3 Å². The second-order valence-electron chi connectivity index (χ2n) is 7.42. The highest BCUT2D eigenvalue weighted by Crippen LogP contribution is 2.23. The Morgan fingerprint density at radius 2 is 2.03 bits per heavy atom. The van der Waals surface area contributed by atoms with Crippen LogP contribution in [0.5, 0.6) is 0 Å². The maximum Gasteiger partial charge on any atom is 0.243 e. The van der Waals surface area contributed by atoms with Gasteiger partial charge in [0.25, 0.3) is 0 Å². The molecular weight excluding hydrogens is 408 g/mol. The Balaban J connectivity index is 1.66. The first-order valence-corrected chi connectivity index (χ1v) is 12.1. The third kappa shape index (κ3) is 5.42. The number of nitrogens with zero attached hydrogens (tertiary/aromatic N) is 3. The standard InChI is InChI=1S/C20H28N4O3S2/c1-15(23(3)14-18-13-21-16(2)28-18)20(25)22-17-8-7-9-19(12-17)29(26,27)24-10-5-4-6-11-24/h7-9,12-13,15H,4-6,10-11,14H2,1-3H3,(H,22,25)/t15-/m1/s1. The van der Waals surface area contributed by atoms with E-state index in [4.69, 9.17) is 0 Å². The Hall–Kier alpha value is -1.81. The number of amides is 1. The first kappa shape index (κ1) is 21.9. The van der Waals surface area contributed by atoms with Crippen LogP contribution in [0.1, 0.15) is 36.1 Å². The van der Waals surface area contributed by atoms with Gasteiger partial charge in [-0.3, -0.25) is 9.69 Å². The molecular formula is C20H28N4O3S2. The molecule has 1 aromatic heterocycles. The lowest BCUT2D eigenvalue weighted by molar-refractivity contribution is -0.120. The van der Waals surface area contributed by atoms with Crippen LogP contribution in [0, 0.1) is 6.92 Å². The maximum absolute atomic E-state index is 12.9. The van der Waals surface area contributed by atoms with E-state index in [-0.39, 0.29) is 16.8 Å². The van der Waals surface area contributed by atoms with E-state index >= 15 is 0 Å². The highest BCUT2D eigenvalue weighted by atomic mass is 32.2. The molecule has 158 valence electrons. The van der Waals surface area contributed by atoms with Gasteiger partial charge in [-0.05, 0) is 51.9 Å². The average molecular weight is 437 g/mol. The number of thiazole rings is 1. The number of likely N-dealkylation sites (N-methyl/N-ethyl adjacent to an activating group) is 1. The summed E-state index contributed by atoms with van der Waals surface area (Å²) in [7, 11) is -1.64. The molecule has 1 saturated heterocycles. The van der Waals surface area contributed by atoms with Gasteiger partial charge < -0.3 is 5.32 Å². The molecule has 7 nitrogen and oxygen atoms in total. The SMILES string of the molecule is Cc1ncc(CN(C)[C@H](C)C(=O)Nc2cccc(S(=O)(=O)N3CCCCC3)c2)s1. The largest absolute Gasteiger partial charge is 0.325 e. The number of nitrogens with one attached hydrogen (secondary N) is 1. The number of carbonyl (C=O) groups is 1. The number of hydrogen-bond donors (Lipinski definition) is 1. The Morgan fingerprint density at radius 3 is 2.69 bits per heavy atom. The molecule has 2 aromatic rings. The molecule has 0 aliphatic carbocycles. The summed E-state index contributed by atoms with van der Waals surface area (Å²) in [4.78, 5) is 20.2. The Morgan fingerprint density at radius 1 is 1.31 bits per heavy atom. The van der Waals surface area contributed by atoms with E-state index in [2.05, 4.69) is 10.3 Å². The zero-order valence-electron chi connectivity index (χ0n) is 17.1. The lowest BCUT2D eigenvalue weighted by Crippen LogP contribution is -2.39. The quantitative estimate of drug-likeness (QED) is 0.721. The number of aryl methyl sites for hydroxylation is 1. The van der Waals surface area contributed by atoms with Crippen molar-refractivity contribution < 1.29 is 13.2 Å². The van der Waals surface area contributed by atoms with Gasteiger partial charge in [0.05, 0.1) is 15.9 Å². The fourth-order valence-corrected chi connectivity index (χ4v) is 5.72. The van der Waals surface area contributed by atoms with Gasteiger partial charge >= 0.3 is 0 Å². The van der Waals surface area contributed by atoms with Gasteiger partial charge in [0.2, 0.25) is 15.9 Å². The third-order valence-corrected chi connectivity index (χ3v) is 7.96. The topological polar surface area (TPSA) is 82.6 Å². The molecule has 1 fully saturated rings. The van der Waals surface area contributed by atoms with Crippen molar-refractivity contribution in [1.29, 1.82) is 0 Å². The van der Waals surface area contributed by atoms with Crippen LogP contribution in [0.2, 0.25) is 0 Å². The number of sulfonamides is 1. The van der Waals surface area contributed by atoms with Crippen LogP contribution >= 0.6 is 11.3 Å². The molecule has 1 aromatic carbocycles. The van der Waals surface area contributed by atoms with E-state index in [1.807, 2.05) is 32.0 Å². The summed E-state index contributed by atoms with van der Waals surface area (Å²) in [5.74, 6) is -0.179. The normalized spacial score (nSPS) is 16.7. The van der Waals surface area contributed by atoms with E-state index < -0.39 is 10.0 Å². The number of carbonyl (C=O) groups excluding carboxylic acids is 1. The predicted octanol–water partition coefficient (Wildman–Crippen LogP) is 3.09. The van der Waals surface area contributed by atoms with Crippen molar-refractivity contribution in [3.8, 4) is 0 Å². The minimum Gasteiger partial charge on any atom is -0.325 e. The molecule has 3 rings (SSSR count). The minimum atomic E-state index is -3.53. The molecule has 1 atom stereocenters. The zero-order chi connectivity index (χ0) is 21.0. The Labute approximate surface area is 176 Å². The summed E-state index contributed by atoms with van der Waals surface area (Å²) >= 11 is 1.61. The zero-order valence-corrected chi connectivity index (χ0v) is 18.7. The van der Waals surface area contributed by atoms with Crippen LogP contribution in [0.25, 0.3) is 0 Å². The predicted molar refractivity (Wildman–Crippen MR) is 115 cm³/mol. The highest BCUT2D eigenvalue weighted by molar-refractivity contribution is 7.89. The third-order valence-electron chi connectivity index (χ3n) is 5.17. The van der Waals surface area contributed by atoms with E-state index in [1.165, 1.54) is 4.31 Å². The van der Waals surface area contributed by atoms with Crippen molar-refractivity contribution in [2.45, 2.75) is 50.6 Å². The Kier molecular flexibility index (Phi) is 7.05. The maximum atomic E-state index is 12.9. The van der Waals surface area contributed by atoms with Crippen molar-refractivity contribution in [2.24, 2.45) is 0 Å². The van der Waals surface area contributed by atoms with Crippen LogP contribution in [-0.2, 0) is 21.4 Å². The van der Waals surface area contributed by atoms with E-state index in [0.717, 1.165) is 29.1 Å². The van der Waals surface area contributed by atoms with E-state index in [9.17, 15) is 13.2 Å². The van der Waals surface area contributed by atoms with Gasteiger partial charge in [-0.15, -0.1) is 11.3 Å². The number of benzene rings is 1. The van der Waals surface area contributed by atoms with Crippen molar-refractivity contribution in [3.05, 3.63) is 40.3 Å². The second-order valence-corrected chi connectivity index (χ2v) is 10.7. The van der Waals surface area contributed by atoms with Gasteiger partial charge in [0.15, 0.2) is 0 Å². The Bertz CT molecular complexity index is 952. The summed E-state index contributed by atoms with van der Waals surface area (Å²) < 4.78 is 27.3. The number of aromatic nitrogens is 1. The summed E-state index contributed by atoms with van der Waals surface area (Å²) in [5, 5.41) is 3.85. The second kappa shape index (κ2) is 9.34. The summed E-state index contributed by atoms with van der Waals surface area (Å²) in [6.45, 7) is 5.52. The summed E-state index contributed by atoms with van der Waals surface area (Å²) in [6.07, 6.45) is 4.67. The monoisotopic (exact) mass is 436 g/mol. The molecule has 0 spiro atoms. The van der Waals surface area contributed by atoms with Crippen molar-refractivity contribution in [1.82, 2.24) is 14.2 Å². The average Bonchev–Trinajstić information content (AvgIpc) is 3.12. The van der Waals surface area contributed by atoms with Crippen molar-refractivity contribution in [3.63, 3.8) is 0 Å². The van der Waals surface area contributed by atoms with Crippen LogP contribution in [0.3, 0.4) is 0 Å². The van der Waals surface area contributed by atoms with Crippen LogP contribution in [0.15, 0.2) is 35.4 Å². The number of piperidine rings is 1. The molecule has 0 bridgehead atoms. The first-order chi connectivity index (χ1) is 13.8. The molecule has 2 heterocycles. The first-order valence-electron chi connectivity index (χ1n) is 9.80. The molecule has 1 aliphatic rings. The molecule has 1 N–H and O–H groups in total. The van der Waals surface area contributed by atoms with Crippen LogP contribution in [-0.4, -0.2) is 54.7 Å². The summed E-state index contributed by atoms with van der Waals surface area (Å²) in [6, 6.07) is 6.13. The minimum absolute atomic E-state index is 0.179. The van der Waals surface area contributed by atoms with Crippen molar-refractivity contribution >= 4 is 33.0 Å². The van der Waals surface area contributed by atoms with Crippen LogP contribution < -0.4 is 5.32 Å². The van der Waals surface area contributed by atoms with Gasteiger partial charge in [-0.2, -0.15) is 4.31 Å². The van der Waals surface area contributed by atoms with Crippen LogP contribution in [0.4, 0.5) is 5.69 Å². The van der Waals surface area contributed by atoms with Gasteiger partial charge in [0.1, 0.15) is 0 Å². The molecule has 29 heavy (non-hydrogen) atoms. The fraction of sp³-hybridized carbons (Fsp3) is 0.500. The van der Waals surface area contributed by atoms with Gasteiger partial charge in [-0.1, -0.05) is 12.5 Å².